The van der Waals surface area contributed by atoms with Gasteiger partial charge in [-0.2, -0.15) is 5.10 Å². The highest BCUT2D eigenvalue weighted by atomic mass is 16.3. The average Bonchev–Trinajstić information content (AvgIpc) is 3.00. The number of nitrogens with one attached hydrogen (secondary N) is 1. The van der Waals surface area contributed by atoms with Crippen LogP contribution in [0.5, 0.6) is 0 Å². The van der Waals surface area contributed by atoms with Crippen molar-refractivity contribution in [3.63, 3.8) is 0 Å². The summed E-state index contributed by atoms with van der Waals surface area (Å²) in [6.45, 7) is 5.04. The smallest absolute Gasteiger partial charge is 0.0640 e. The zero-order chi connectivity index (χ0) is 12.8. The summed E-state index contributed by atoms with van der Waals surface area (Å²) in [6.07, 6.45) is 10.7. The molecule has 1 aromatic rings. The van der Waals surface area contributed by atoms with Crippen molar-refractivity contribution in [3.05, 3.63) is 18.0 Å². The van der Waals surface area contributed by atoms with Crippen LogP contribution in [0.25, 0.3) is 0 Å². The van der Waals surface area contributed by atoms with E-state index in [1.807, 2.05) is 12.4 Å². The molecule has 0 aromatic carbocycles. The molecule has 1 aliphatic carbocycles. The number of hydrogen-bond acceptors (Lipinski definition) is 3. The van der Waals surface area contributed by atoms with Crippen LogP contribution in [0.3, 0.4) is 0 Å². The van der Waals surface area contributed by atoms with Gasteiger partial charge in [-0.15, -0.1) is 0 Å². The van der Waals surface area contributed by atoms with Crippen molar-refractivity contribution >= 4 is 0 Å². The summed E-state index contributed by atoms with van der Waals surface area (Å²) in [5.41, 5.74) is 1.74. The van der Waals surface area contributed by atoms with Crippen LogP contribution < -0.4 is 5.32 Å². The molecule has 0 spiro atoms. The number of rotatable bonds is 7. The first-order valence-electron chi connectivity index (χ1n) is 7.11. The Morgan fingerprint density at radius 2 is 2.22 bits per heavy atom. The average molecular weight is 251 g/mol. The van der Waals surface area contributed by atoms with Crippen LogP contribution in [0.4, 0.5) is 0 Å². The van der Waals surface area contributed by atoms with E-state index < -0.39 is 0 Å². The first kappa shape index (κ1) is 13.6. The van der Waals surface area contributed by atoms with Crippen LogP contribution in [0.1, 0.15) is 44.6 Å². The SMILES string of the molecule is CCC1(CNCc2cnn(CCO)c2)CCCC1. The number of hydrogen-bond donors (Lipinski definition) is 2. The summed E-state index contributed by atoms with van der Waals surface area (Å²) < 4.78 is 1.79. The molecule has 102 valence electrons. The molecular weight excluding hydrogens is 226 g/mol. The van der Waals surface area contributed by atoms with Crippen molar-refractivity contribution in [2.75, 3.05) is 13.2 Å². The van der Waals surface area contributed by atoms with E-state index in [0.717, 1.165) is 13.1 Å². The second-order valence-electron chi connectivity index (χ2n) is 5.50. The fourth-order valence-corrected chi connectivity index (χ4v) is 2.97. The van der Waals surface area contributed by atoms with E-state index >= 15 is 0 Å². The van der Waals surface area contributed by atoms with Crippen molar-refractivity contribution < 1.29 is 5.11 Å². The van der Waals surface area contributed by atoms with Crippen LogP contribution in [0.15, 0.2) is 12.4 Å². The van der Waals surface area contributed by atoms with E-state index in [1.165, 1.54) is 37.7 Å². The molecular formula is C14H25N3O. The van der Waals surface area contributed by atoms with Gasteiger partial charge in [-0.1, -0.05) is 19.8 Å². The Hall–Kier alpha value is -0.870. The predicted molar refractivity (Wildman–Crippen MR) is 72.2 cm³/mol. The number of aliphatic hydroxyl groups excluding tert-OH is 1. The first-order valence-corrected chi connectivity index (χ1v) is 7.11. The third-order valence-electron chi connectivity index (χ3n) is 4.26. The van der Waals surface area contributed by atoms with E-state index in [-0.39, 0.29) is 6.61 Å². The quantitative estimate of drug-likeness (QED) is 0.778. The molecule has 1 aromatic heterocycles. The molecule has 18 heavy (non-hydrogen) atoms. The molecule has 0 radical (unpaired) electrons. The molecule has 1 saturated carbocycles. The van der Waals surface area contributed by atoms with Gasteiger partial charge in [0.15, 0.2) is 0 Å². The van der Waals surface area contributed by atoms with E-state index in [1.54, 1.807) is 4.68 Å². The maximum Gasteiger partial charge on any atom is 0.0640 e. The van der Waals surface area contributed by atoms with E-state index in [9.17, 15) is 0 Å². The van der Waals surface area contributed by atoms with Gasteiger partial charge in [-0.25, -0.2) is 0 Å². The molecule has 0 atom stereocenters. The fourth-order valence-electron chi connectivity index (χ4n) is 2.97. The molecule has 1 heterocycles. The van der Waals surface area contributed by atoms with Crippen LogP contribution >= 0.6 is 0 Å². The zero-order valence-corrected chi connectivity index (χ0v) is 11.4. The third-order valence-corrected chi connectivity index (χ3v) is 4.26. The normalized spacial score (nSPS) is 18.3. The third kappa shape index (κ3) is 3.33. The second kappa shape index (κ2) is 6.34. The van der Waals surface area contributed by atoms with Crippen LogP contribution in [-0.2, 0) is 13.1 Å². The largest absolute Gasteiger partial charge is 0.394 e. The van der Waals surface area contributed by atoms with Crippen LogP contribution in [0.2, 0.25) is 0 Å². The number of aromatic nitrogens is 2. The lowest BCUT2D eigenvalue weighted by Crippen LogP contribution is -2.31. The Balaban J connectivity index is 1.76. The second-order valence-corrected chi connectivity index (χ2v) is 5.50. The molecule has 0 aliphatic heterocycles. The molecule has 1 aliphatic rings. The Morgan fingerprint density at radius 1 is 1.44 bits per heavy atom. The highest BCUT2D eigenvalue weighted by Crippen LogP contribution is 2.40. The van der Waals surface area contributed by atoms with Gasteiger partial charge in [0.25, 0.3) is 0 Å². The van der Waals surface area contributed by atoms with Gasteiger partial charge < -0.3 is 10.4 Å². The predicted octanol–water partition coefficient (Wildman–Crippen LogP) is 1.94. The molecule has 0 bridgehead atoms. The van der Waals surface area contributed by atoms with Gasteiger partial charge in [0.05, 0.1) is 19.3 Å². The molecule has 4 nitrogen and oxygen atoms in total. The molecule has 0 unspecified atom stereocenters. The van der Waals surface area contributed by atoms with Crippen molar-refractivity contribution in [3.8, 4) is 0 Å². The van der Waals surface area contributed by atoms with Gasteiger partial charge in [0.2, 0.25) is 0 Å². The van der Waals surface area contributed by atoms with E-state index in [0.29, 0.717) is 12.0 Å². The van der Waals surface area contributed by atoms with Crippen LogP contribution in [-0.4, -0.2) is 28.0 Å². The van der Waals surface area contributed by atoms with E-state index in [2.05, 4.69) is 17.3 Å². The summed E-state index contributed by atoms with van der Waals surface area (Å²) >= 11 is 0. The van der Waals surface area contributed by atoms with Crippen molar-refractivity contribution in [1.29, 1.82) is 0 Å². The fraction of sp³-hybridized carbons (Fsp3) is 0.786. The summed E-state index contributed by atoms with van der Waals surface area (Å²) in [4.78, 5) is 0. The maximum absolute atomic E-state index is 8.84. The lowest BCUT2D eigenvalue weighted by molar-refractivity contribution is 0.267. The minimum absolute atomic E-state index is 0.146. The molecule has 0 amide bonds. The minimum atomic E-state index is 0.146. The van der Waals surface area contributed by atoms with Gasteiger partial charge in [0.1, 0.15) is 0 Å². The van der Waals surface area contributed by atoms with Crippen molar-refractivity contribution in [2.45, 2.75) is 52.1 Å². The minimum Gasteiger partial charge on any atom is -0.394 e. The lowest BCUT2D eigenvalue weighted by Gasteiger charge is -2.27. The van der Waals surface area contributed by atoms with Gasteiger partial charge >= 0.3 is 0 Å². The Morgan fingerprint density at radius 3 is 2.89 bits per heavy atom. The molecule has 4 heteroatoms. The van der Waals surface area contributed by atoms with Crippen molar-refractivity contribution in [1.82, 2.24) is 15.1 Å². The Labute approximate surface area is 109 Å². The van der Waals surface area contributed by atoms with Gasteiger partial charge in [-0.05, 0) is 24.7 Å². The summed E-state index contributed by atoms with van der Waals surface area (Å²) in [5, 5.41) is 16.6. The van der Waals surface area contributed by atoms with E-state index in [4.69, 9.17) is 5.11 Å². The monoisotopic (exact) mass is 251 g/mol. The summed E-state index contributed by atoms with van der Waals surface area (Å²) in [5.74, 6) is 0. The number of aliphatic hydroxyl groups is 1. The maximum atomic E-state index is 8.84. The standard InChI is InChI=1S/C14H25N3O/c1-2-14(5-3-4-6-14)12-15-9-13-10-16-17(11-13)7-8-18/h10-11,15,18H,2-9,12H2,1H3. The van der Waals surface area contributed by atoms with Crippen LogP contribution in [0, 0.1) is 5.41 Å². The topological polar surface area (TPSA) is 50.1 Å². The van der Waals surface area contributed by atoms with Gasteiger partial charge in [-0.3, -0.25) is 4.68 Å². The van der Waals surface area contributed by atoms with Crippen molar-refractivity contribution in [2.24, 2.45) is 5.41 Å². The highest BCUT2D eigenvalue weighted by molar-refractivity contribution is 5.03. The summed E-state index contributed by atoms with van der Waals surface area (Å²) in [7, 11) is 0. The highest BCUT2D eigenvalue weighted by Gasteiger charge is 2.31. The lowest BCUT2D eigenvalue weighted by atomic mass is 9.83. The Bertz CT molecular complexity index is 356. The molecule has 2 N–H and O–H groups in total. The molecule has 0 saturated heterocycles. The summed E-state index contributed by atoms with van der Waals surface area (Å²) in [6, 6.07) is 0. The number of nitrogens with zero attached hydrogens (tertiary/aromatic N) is 2. The molecule has 2 rings (SSSR count). The Kier molecular flexibility index (Phi) is 4.78. The zero-order valence-electron chi connectivity index (χ0n) is 11.4. The van der Waals surface area contributed by atoms with Gasteiger partial charge in [0, 0.05) is 24.8 Å². The first-order chi connectivity index (χ1) is 8.78. The molecule has 1 fully saturated rings.